The van der Waals surface area contributed by atoms with Crippen LogP contribution in [-0.4, -0.2) is 139 Å². The third-order valence-electron chi connectivity index (χ3n) is 8.29. The Bertz CT molecular complexity index is 1480. The number of aromatic hydroxyl groups is 1. The highest BCUT2D eigenvalue weighted by Gasteiger charge is 2.47. The van der Waals surface area contributed by atoms with Gasteiger partial charge in [0.1, 0.15) is 55.0 Å². The number of hydrogen-bond donors (Lipinski definition) is 11. The molecular formula is C34H47N5O12. The first-order valence-corrected chi connectivity index (χ1v) is 16.4. The molecule has 0 unspecified atom stereocenters. The van der Waals surface area contributed by atoms with Crippen LogP contribution in [0.3, 0.4) is 0 Å². The number of carbonyl (C=O) groups is 5. The third kappa shape index (κ3) is 12.0. The summed E-state index contributed by atoms with van der Waals surface area (Å²) in [6.07, 6.45) is -9.16. The highest BCUT2D eigenvalue weighted by atomic mass is 16.4. The molecule has 11 N–H and O–H groups in total. The lowest BCUT2D eigenvalue weighted by atomic mass is 10.0. The van der Waals surface area contributed by atoms with Crippen molar-refractivity contribution in [3.8, 4) is 5.75 Å². The molecule has 0 spiro atoms. The van der Waals surface area contributed by atoms with Crippen molar-refractivity contribution < 1.29 is 59.7 Å². The third-order valence-corrected chi connectivity index (χ3v) is 8.29. The van der Waals surface area contributed by atoms with Gasteiger partial charge in [-0.3, -0.25) is 24.5 Å². The van der Waals surface area contributed by atoms with Crippen molar-refractivity contribution in [2.24, 2.45) is 5.92 Å². The number of aliphatic hydroxyl groups excluding tert-OH is 5. The zero-order valence-electron chi connectivity index (χ0n) is 28.3. The van der Waals surface area contributed by atoms with Crippen LogP contribution < -0.4 is 21.3 Å². The van der Waals surface area contributed by atoms with E-state index in [0.717, 1.165) is 4.90 Å². The summed E-state index contributed by atoms with van der Waals surface area (Å²) in [5.41, 5.74) is 1.27. The molecule has 17 heteroatoms. The second-order valence-corrected chi connectivity index (χ2v) is 12.8. The summed E-state index contributed by atoms with van der Waals surface area (Å²) in [5.74, 6) is -4.41. The van der Waals surface area contributed by atoms with Crippen LogP contribution in [0.5, 0.6) is 5.75 Å². The van der Waals surface area contributed by atoms with Crippen LogP contribution in [0.2, 0.25) is 0 Å². The Morgan fingerprint density at radius 2 is 1.51 bits per heavy atom. The molecule has 2 aromatic carbocycles. The van der Waals surface area contributed by atoms with E-state index in [0.29, 0.717) is 11.1 Å². The van der Waals surface area contributed by atoms with Gasteiger partial charge in [0.05, 0.1) is 19.2 Å². The van der Waals surface area contributed by atoms with E-state index >= 15 is 0 Å². The zero-order chi connectivity index (χ0) is 37.8. The van der Waals surface area contributed by atoms with Crippen LogP contribution in [0.4, 0.5) is 0 Å². The molecule has 4 amide bonds. The minimum absolute atomic E-state index is 0.00940. The number of nitrogens with zero attached hydrogens (tertiary/aromatic N) is 1. The number of aliphatic carboxylic acids is 1. The zero-order valence-corrected chi connectivity index (χ0v) is 28.3. The van der Waals surface area contributed by atoms with Gasteiger partial charge in [0.25, 0.3) is 0 Å². The fourth-order valence-electron chi connectivity index (χ4n) is 5.56. The molecule has 8 atom stereocenters. The SMILES string of the molecule is CC(C)C[C@H](NC(=O)[C@H](Cc1ccccc1)NC(=O)CNC(=O)CN1C(=O)[C@H](Cc2ccc(O)cc2)N[C@H]1[C@@H](O)[C@@H](O)[C@H](O)[C@H](O)CO)C(=O)O. The van der Waals surface area contributed by atoms with Crippen molar-refractivity contribution in [3.05, 3.63) is 65.7 Å². The second kappa shape index (κ2) is 19.1. The van der Waals surface area contributed by atoms with Gasteiger partial charge in [-0.15, -0.1) is 0 Å². The summed E-state index contributed by atoms with van der Waals surface area (Å²) in [6.45, 7) is 1.26. The molecular weight excluding hydrogens is 670 g/mol. The summed E-state index contributed by atoms with van der Waals surface area (Å²) in [7, 11) is 0. The first-order chi connectivity index (χ1) is 24.1. The summed E-state index contributed by atoms with van der Waals surface area (Å²) >= 11 is 0. The Balaban J connectivity index is 1.71. The molecule has 280 valence electrons. The number of carboxylic acids is 1. The largest absolute Gasteiger partial charge is 0.508 e. The lowest BCUT2D eigenvalue weighted by Gasteiger charge is -2.33. The molecule has 17 nitrogen and oxygen atoms in total. The van der Waals surface area contributed by atoms with Gasteiger partial charge in [0.15, 0.2) is 0 Å². The lowest BCUT2D eigenvalue weighted by molar-refractivity contribution is -0.146. The molecule has 0 aromatic heterocycles. The summed E-state index contributed by atoms with van der Waals surface area (Å²) in [4.78, 5) is 65.4. The van der Waals surface area contributed by atoms with E-state index in [4.69, 9.17) is 5.11 Å². The van der Waals surface area contributed by atoms with Gasteiger partial charge < -0.3 is 56.6 Å². The van der Waals surface area contributed by atoms with Crippen LogP contribution in [0.25, 0.3) is 0 Å². The average molecular weight is 718 g/mol. The van der Waals surface area contributed by atoms with E-state index in [-0.39, 0.29) is 30.9 Å². The monoisotopic (exact) mass is 717 g/mol. The number of benzene rings is 2. The number of phenols is 1. The van der Waals surface area contributed by atoms with Crippen LogP contribution >= 0.6 is 0 Å². The van der Waals surface area contributed by atoms with E-state index in [2.05, 4.69) is 21.3 Å². The first-order valence-electron chi connectivity index (χ1n) is 16.4. The number of hydrogen-bond acceptors (Lipinski definition) is 12. The maximum absolute atomic E-state index is 13.5. The molecule has 0 aliphatic carbocycles. The van der Waals surface area contributed by atoms with Gasteiger partial charge in [-0.2, -0.15) is 0 Å². The molecule has 0 saturated carbocycles. The highest BCUT2D eigenvalue weighted by Crippen LogP contribution is 2.21. The number of carbonyl (C=O) groups excluding carboxylic acids is 4. The van der Waals surface area contributed by atoms with Crippen molar-refractivity contribution in [3.63, 3.8) is 0 Å². The molecule has 1 saturated heterocycles. The molecule has 1 heterocycles. The number of amides is 4. The predicted octanol–water partition coefficient (Wildman–Crippen LogP) is -3.04. The van der Waals surface area contributed by atoms with Crippen molar-refractivity contribution in [1.82, 2.24) is 26.2 Å². The smallest absolute Gasteiger partial charge is 0.326 e. The molecule has 1 aliphatic rings. The van der Waals surface area contributed by atoms with Gasteiger partial charge in [-0.05, 0) is 42.0 Å². The minimum Gasteiger partial charge on any atom is -0.508 e. The Morgan fingerprint density at radius 3 is 2.10 bits per heavy atom. The molecule has 51 heavy (non-hydrogen) atoms. The standard InChI is InChI=1S/C34H47N5O12/c1-18(2)12-24(34(50)51)38-32(48)22(13-19-6-4-3-5-7-19)36-26(43)15-35-27(44)16-39-31(30(47)29(46)28(45)25(42)17-40)37-23(33(39)49)14-20-8-10-21(41)11-9-20/h3-11,18,22-25,28-31,37,40-42,45-47H,12-17H2,1-2H3,(H,35,44)(H,36,43)(H,38,48)(H,50,51)/t22-,23-,24-,25+,28+,29-,30-,31+/m0/s1. The second-order valence-electron chi connectivity index (χ2n) is 12.8. The van der Waals surface area contributed by atoms with Crippen molar-refractivity contribution in [2.75, 3.05) is 19.7 Å². The predicted molar refractivity (Wildman–Crippen MR) is 179 cm³/mol. The van der Waals surface area contributed by atoms with Gasteiger partial charge in [-0.1, -0.05) is 56.3 Å². The number of nitrogens with one attached hydrogen (secondary N) is 4. The van der Waals surface area contributed by atoms with Crippen LogP contribution in [-0.2, 0) is 36.8 Å². The Morgan fingerprint density at radius 1 is 0.863 bits per heavy atom. The van der Waals surface area contributed by atoms with E-state index in [9.17, 15) is 54.6 Å². The Labute approximate surface area is 294 Å². The highest BCUT2D eigenvalue weighted by molar-refractivity contribution is 5.93. The minimum atomic E-state index is -2.07. The van der Waals surface area contributed by atoms with E-state index < -0.39 is 98.0 Å². The maximum Gasteiger partial charge on any atom is 0.326 e. The quantitative estimate of drug-likeness (QED) is 0.0691. The van der Waals surface area contributed by atoms with Gasteiger partial charge in [0, 0.05) is 6.42 Å². The van der Waals surface area contributed by atoms with Crippen molar-refractivity contribution >= 4 is 29.6 Å². The topological polar surface area (TPSA) is 278 Å². The van der Waals surface area contributed by atoms with E-state index in [1.54, 1.807) is 56.3 Å². The molecule has 2 aromatic rings. The van der Waals surface area contributed by atoms with E-state index in [1.165, 1.54) is 12.1 Å². The lowest BCUT2D eigenvalue weighted by Crippen LogP contribution is -2.58. The number of carboxylic acid groups (broad SMARTS) is 1. The van der Waals surface area contributed by atoms with Crippen molar-refractivity contribution in [1.29, 1.82) is 0 Å². The van der Waals surface area contributed by atoms with Crippen LogP contribution in [0, 0.1) is 5.92 Å². The van der Waals surface area contributed by atoms with E-state index in [1.807, 2.05) is 0 Å². The summed E-state index contributed by atoms with van der Waals surface area (Å²) in [6, 6.07) is 11.1. The molecule has 3 rings (SSSR count). The van der Waals surface area contributed by atoms with Gasteiger partial charge in [0.2, 0.25) is 23.6 Å². The normalized spacial score (nSPS) is 19.5. The number of aliphatic hydroxyl groups is 5. The van der Waals surface area contributed by atoms with Crippen LogP contribution in [0.15, 0.2) is 54.6 Å². The summed E-state index contributed by atoms with van der Waals surface area (Å²) in [5, 5.41) is 79.9. The average Bonchev–Trinajstić information content (AvgIpc) is 3.39. The number of phenolic OH excluding ortho intramolecular Hbond substituents is 1. The molecule has 0 radical (unpaired) electrons. The van der Waals surface area contributed by atoms with Crippen molar-refractivity contribution in [2.45, 2.75) is 81.8 Å². The fourth-order valence-corrected chi connectivity index (χ4v) is 5.56. The summed E-state index contributed by atoms with van der Waals surface area (Å²) < 4.78 is 0. The number of rotatable bonds is 19. The fraction of sp³-hybridized carbons (Fsp3) is 0.500. The van der Waals surface area contributed by atoms with Gasteiger partial charge in [-0.25, -0.2) is 4.79 Å². The molecule has 1 fully saturated rings. The van der Waals surface area contributed by atoms with Crippen LogP contribution in [0.1, 0.15) is 31.4 Å². The molecule has 0 bridgehead atoms. The Hall–Kier alpha value is -4.65. The molecule has 1 aliphatic heterocycles. The Kier molecular flexibility index (Phi) is 15.3. The van der Waals surface area contributed by atoms with Gasteiger partial charge >= 0.3 is 5.97 Å². The maximum atomic E-state index is 13.5. The first kappa shape index (κ1) is 40.8.